The molecule has 0 aromatic heterocycles. The van der Waals surface area contributed by atoms with Gasteiger partial charge < -0.3 is 10.8 Å². The molecule has 1 aliphatic rings. The summed E-state index contributed by atoms with van der Waals surface area (Å²) in [5.74, 6) is 0.749. The molecule has 2 nitrogen and oxygen atoms in total. The molecule has 64 valence electrons. The van der Waals surface area contributed by atoms with Crippen LogP contribution in [0.25, 0.3) is 0 Å². The average molecular weight is 228 g/mol. The Labute approximate surface area is 79.5 Å². The molecule has 3 N–H and O–H groups in total. The minimum Gasteiger partial charge on any atom is -0.508 e. The van der Waals surface area contributed by atoms with Crippen molar-refractivity contribution in [2.45, 2.75) is 18.4 Å². The van der Waals surface area contributed by atoms with Gasteiger partial charge in [0.25, 0.3) is 0 Å². The molecule has 0 bridgehead atoms. The Kier molecular flexibility index (Phi) is 1.85. The van der Waals surface area contributed by atoms with Gasteiger partial charge in [-0.2, -0.15) is 0 Å². The van der Waals surface area contributed by atoms with Crippen LogP contribution in [0.4, 0.5) is 0 Å². The van der Waals surface area contributed by atoms with Crippen LogP contribution in [0.3, 0.4) is 0 Å². The third-order valence-corrected chi connectivity index (χ3v) is 2.94. The minimum absolute atomic E-state index is 0.281. The smallest absolute Gasteiger partial charge is 0.115 e. The molecule has 0 amide bonds. The van der Waals surface area contributed by atoms with Crippen molar-refractivity contribution in [2.24, 2.45) is 5.73 Å². The number of halogens is 1. The van der Waals surface area contributed by atoms with Crippen LogP contribution in [-0.4, -0.2) is 11.1 Å². The fourth-order valence-corrected chi connectivity index (χ4v) is 1.93. The number of hydrogen-bond donors (Lipinski definition) is 2. The Morgan fingerprint density at radius 2 is 2.17 bits per heavy atom. The topological polar surface area (TPSA) is 46.2 Å². The summed E-state index contributed by atoms with van der Waals surface area (Å²) < 4.78 is 1.04. The molecule has 12 heavy (non-hydrogen) atoms. The molecule has 2 unspecified atom stereocenters. The van der Waals surface area contributed by atoms with E-state index < -0.39 is 0 Å². The minimum atomic E-state index is 0.281. The summed E-state index contributed by atoms with van der Waals surface area (Å²) in [5.41, 5.74) is 6.84. The molecular weight excluding hydrogens is 218 g/mol. The van der Waals surface area contributed by atoms with E-state index in [4.69, 9.17) is 5.73 Å². The number of benzene rings is 1. The van der Waals surface area contributed by atoms with Crippen LogP contribution in [-0.2, 0) is 0 Å². The maximum Gasteiger partial charge on any atom is 0.115 e. The van der Waals surface area contributed by atoms with Gasteiger partial charge in [-0.25, -0.2) is 0 Å². The predicted octanol–water partition coefficient (Wildman–Crippen LogP) is 1.97. The van der Waals surface area contributed by atoms with Crippen LogP contribution in [0.15, 0.2) is 22.7 Å². The zero-order valence-electron chi connectivity index (χ0n) is 6.50. The van der Waals surface area contributed by atoms with Crippen LogP contribution in [0, 0.1) is 0 Å². The van der Waals surface area contributed by atoms with Gasteiger partial charge in [-0.1, -0.05) is 15.9 Å². The Morgan fingerprint density at radius 3 is 2.75 bits per heavy atom. The maximum atomic E-state index is 9.24. The first-order valence-corrected chi connectivity index (χ1v) is 4.72. The summed E-state index contributed by atoms with van der Waals surface area (Å²) >= 11 is 3.43. The Hall–Kier alpha value is -0.540. The highest BCUT2D eigenvalue weighted by Gasteiger charge is 2.36. The molecule has 1 aliphatic carbocycles. The van der Waals surface area contributed by atoms with Gasteiger partial charge in [-0.15, -0.1) is 0 Å². The molecule has 1 aromatic rings. The number of phenolic OH excluding ortho intramolecular Hbond substituents is 1. The van der Waals surface area contributed by atoms with Crippen molar-refractivity contribution < 1.29 is 5.11 Å². The summed E-state index contributed by atoms with van der Waals surface area (Å²) in [6.45, 7) is 0. The number of rotatable bonds is 1. The second-order valence-electron chi connectivity index (χ2n) is 3.21. The molecule has 0 radical (unpaired) electrons. The molecule has 1 aromatic carbocycles. The largest absolute Gasteiger partial charge is 0.508 e. The number of aromatic hydroxyl groups is 1. The van der Waals surface area contributed by atoms with Crippen LogP contribution >= 0.6 is 15.9 Å². The molecule has 1 fully saturated rings. The predicted molar refractivity (Wildman–Crippen MR) is 51.1 cm³/mol. The van der Waals surface area contributed by atoms with E-state index in [9.17, 15) is 5.11 Å². The second kappa shape index (κ2) is 2.75. The molecule has 2 atom stereocenters. The van der Waals surface area contributed by atoms with E-state index in [1.807, 2.05) is 6.07 Å². The fraction of sp³-hybridized carbons (Fsp3) is 0.333. The highest BCUT2D eigenvalue weighted by molar-refractivity contribution is 9.10. The highest BCUT2D eigenvalue weighted by atomic mass is 79.9. The highest BCUT2D eigenvalue weighted by Crippen LogP contribution is 2.43. The Bertz CT molecular complexity index is 313. The van der Waals surface area contributed by atoms with E-state index in [1.165, 1.54) is 0 Å². The maximum absolute atomic E-state index is 9.24. The van der Waals surface area contributed by atoms with Gasteiger partial charge in [0.05, 0.1) is 0 Å². The quantitative estimate of drug-likeness (QED) is 0.771. The zero-order chi connectivity index (χ0) is 8.72. The van der Waals surface area contributed by atoms with Gasteiger partial charge in [0.2, 0.25) is 0 Å². The monoisotopic (exact) mass is 227 g/mol. The van der Waals surface area contributed by atoms with Crippen molar-refractivity contribution >= 4 is 15.9 Å². The molecule has 0 saturated heterocycles. The van der Waals surface area contributed by atoms with Crippen molar-refractivity contribution in [3.05, 3.63) is 28.2 Å². The van der Waals surface area contributed by atoms with Crippen LogP contribution in [0.2, 0.25) is 0 Å². The van der Waals surface area contributed by atoms with E-state index in [-0.39, 0.29) is 6.04 Å². The lowest BCUT2D eigenvalue weighted by atomic mass is 10.1. The van der Waals surface area contributed by atoms with E-state index in [1.54, 1.807) is 12.1 Å². The summed E-state index contributed by atoms with van der Waals surface area (Å²) in [6, 6.07) is 5.59. The first-order chi connectivity index (χ1) is 5.68. The molecule has 1 saturated carbocycles. The molecule has 3 heteroatoms. The van der Waals surface area contributed by atoms with Crippen LogP contribution in [0.5, 0.6) is 5.75 Å². The van der Waals surface area contributed by atoms with Crippen molar-refractivity contribution in [2.75, 3.05) is 0 Å². The Morgan fingerprint density at radius 1 is 1.50 bits per heavy atom. The number of nitrogens with two attached hydrogens (primary N) is 1. The normalized spacial score (nSPS) is 27.2. The van der Waals surface area contributed by atoms with E-state index in [0.717, 1.165) is 16.5 Å². The summed E-state index contributed by atoms with van der Waals surface area (Å²) in [4.78, 5) is 0. The second-order valence-corrected chi connectivity index (χ2v) is 4.07. The standard InChI is InChI=1S/C9H10BrNO/c10-8-2-1-5(12)3-6(8)7-4-9(7)11/h1-3,7,9,12H,4,11H2. The number of hydrogen-bond acceptors (Lipinski definition) is 2. The first-order valence-electron chi connectivity index (χ1n) is 3.92. The van der Waals surface area contributed by atoms with Crippen molar-refractivity contribution in [1.29, 1.82) is 0 Å². The zero-order valence-corrected chi connectivity index (χ0v) is 8.08. The van der Waals surface area contributed by atoms with Gasteiger partial charge in [0.15, 0.2) is 0 Å². The first kappa shape index (κ1) is 8.08. The fourth-order valence-electron chi connectivity index (χ4n) is 1.39. The lowest BCUT2D eigenvalue weighted by Crippen LogP contribution is -2.01. The molecule has 0 heterocycles. The molecule has 0 aliphatic heterocycles. The SMILES string of the molecule is NC1CC1c1cc(O)ccc1Br. The van der Waals surface area contributed by atoms with Crippen LogP contribution < -0.4 is 5.73 Å². The van der Waals surface area contributed by atoms with Crippen LogP contribution in [0.1, 0.15) is 17.9 Å². The summed E-state index contributed by atoms with van der Waals surface area (Å²) in [5, 5.41) is 9.24. The summed E-state index contributed by atoms with van der Waals surface area (Å²) in [6.07, 6.45) is 1.03. The molecule has 2 rings (SSSR count). The van der Waals surface area contributed by atoms with Gasteiger partial charge in [-0.05, 0) is 30.2 Å². The molecule has 0 spiro atoms. The third kappa shape index (κ3) is 1.34. The van der Waals surface area contributed by atoms with E-state index in [2.05, 4.69) is 15.9 Å². The van der Waals surface area contributed by atoms with E-state index >= 15 is 0 Å². The average Bonchev–Trinajstić information content (AvgIpc) is 2.73. The third-order valence-electron chi connectivity index (χ3n) is 2.22. The van der Waals surface area contributed by atoms with Crippen molar-refractivity contribution in [3.63, 3.8) is 0 Å². The Balaban J connectivity index is 2.36. The number of phenols is 1. The lowest BCUT2D eigenvalue weighted by Gasteiger charge is -2.02. The van der Waals surface area contributed by atoms with E-state index in [0.29, 0.717) is 11.7 Å². The van der Waals surface area contributed by atoms with Crippen molar-refractivity contribution in [1.82, 2.24) is 0 Å². The van der Waals surface area contributed by atoms with Gasteiger partial charge in [0.1, 0.15) is 5.75 Å². The van der Waals surface area contributed by atoms with Crippen molar-refractivity contribution in [3.8, 4) is 5.75 Å². The summed E-state index contributed by atoms with van der Waals surface area (Å²) in [7, 11) is 0. The van der Waals surface area contributed by atoms with Gasteiger partial charge in [0, 0.05) is 16.4 Å². The lowest BCUT2D eigenvalue weighted by molar-refractivity contribution is 0.474. The molecular formula is C9H10BrNO. The van der Waals surface area contributed by atoms with Gasteiger partial charge in [-0.3, -0.25) is 0 Å². The van der Waals surface area contributed by atoms with Gasteiger partial charge >= 0.3 is 0 Å².